The second kappa shape index (κ2) is 6.85. The molecule has 110 valence electrons. The third kappa shape index (κ3) is 3.37. The molecule has 1 fully saturated rings. The summed E-state index contributed by atoms with van der Waals surface area (Å²) < 4.78 is 0. The second-order valence-corrected chi connectivity index (χ2v) is 4.94. The summed E-state index contributed by atoms with van der Waals surface area (Å²) in [5, 5.41) is 9.21. The van der Waals surface area contributed by atoms with Crippen LogP contribution in [-0.2, 0) is 0 Å². The lowest BCUT2D eigenvalue weighted by atomic mass is 10.2. The van der Waals surface area contributed by atoms with E-state index in [4.69, 9.17) is 22.6 Å². The average molecular weight is 300 g/mol. The number of aliphatic hydroxyl groups is 1. The number of hydrogen-bond acceptors (Lipinski definition) is 6. The molecule has 0 bridgehead atoms. The van der Waals surface area contributed by atoms with E-state index in [2.05, 4.69) is 15.3 Å². The third-order valence-corrected chi connectivity index (χ3v) is 3.58. The zero-order valence-electron chi connectivity index (χ0n) is 11.0. The van der Waals surface area contributed by atoms with Gasteiger partial charge in [-0.25, -0.2) is 10.8 Å². The van der Waals surface area contributed by atoms with Crippen LogP contribution in [0.5, 0.6) is 0 Å². The van der Waals surface area contributed by atoms with Gasteiger partial charge in [0.25, 0.3) is 5.91 Å². The van der Waals surface area contributed by atoms with Crippen molar-refractivity contribution in [2.24, 2.45) is 5.84 Å². The van der Waals surface area contributed by atoms with Crippen LogP contribution in [-0.4, -0.2) is 65.1 Å². The number of halogens is 1. The number of hydrogen-bond donors (Lipinski definition) is 3. The summed E-state index contributed by atoms with van der Waals surface area (Å²) in [6.07, 6.45) is 0. The number of amides is 1. The van der Waals surface area contributed by atoms with Crippen LogP contribution in [0.25, 0.3) is 0 Å². The number of hydrazine groups is 1. The minimum atomic E-state index is -0.198. The second-order valence-electron chi connectivity index (χ2n) is 4.53. The summed E-state index contributed by atoms with van der Waals surface area (Å²) in [7, 11) is 0. The topological polar surface area (TPSA) is 94.7 Å². The summed E-state index contributed by atoms with van der Waals surface area (Å²) in [4.78, 5) is 20.3. The smallest absolute Gasteiger partial charge is 0.274 e. The Morgan fingerprint density at radius 1 is 1.40 bits per heavy atom. The van der Waals surface area contributed by atoms with E-state index in [1.807, 2.05) is 0 Å². The van der Waals surface area contributed by atoms with Crippen LogP contribution >= 0.6 is 11.6 Å². The molecule has 0 saturated carbocycles. The number of nitrogen functional groups attached to an aromatic ring is 1. The van der Waals surface area contributed by atoms with Crippen LogP contribution in [0.15, 0.2) is 12.1 Å². The van der Waals surface area contributed by atoms with Crippen molar-refractivity contribution >= 4 is 23.3 Å². The fraction of sp³-hybridized carbons (Fsp3) is 0.500. The maximum Gasteiger partial charge on any atom is 0.274 e. The van der Waals surface area contributed by atoms with E-state index >= 15 is 0 Å². The van der Waals surface area contributed by atoms with Crippen LogP contribution < -0.4 is 11.3 Å². The monoisotopic (exact) mass is 299 g/mol. The standard InChI is InChI=1S/C12H18ClN5O2/c13-9-1-2-10(16-14)15-11(9)12(20)18-5-3-17(4-6-18)7-8-19/h1-2,19H,3-8,14H2,(H,15,16). The molecular weight excluding hydrogens is 282 g/mol. The fourth-order valence-electron chi connectivity index (χ4n) is 2.14. The molecule has 1 aromatic rings. The van der Waals surface area contributed by atoms with E-state index in [1.165, 1.54) is 0 Å². The zero-order valence-corrected chi connectivity index (χ0v) is 11.8. The van der Waals surface area contributed by atoms with Crippen molar-refractivity contribution in [2.45, 2.75) is 0 Å². The van der Waals surface area contributed by atoms with Crippen LogP contribution in [0.1, 0.15) is 10.5 Å². The van der Waals surface area contributed by atoms with Crippen LogP contribution in [0, 0.1) is 0 Å². The van der Waals surface area contributed by atoms with Crippen molar-refractivity contribution in [3.05, 3.63) is 22.8 Å². The number of carbonyl (C=O) groups excluding carboxylic acids is 1. The number of nitrogens with zero attached hydrogens (tertiary/aromatic N) is 3. The van der Waals surface area contributed by atoms with Gasteiger partial charge in [0.05, 0.1) is 11.6 Å². The number of anilines is 1. The molecule has 20 heavy (non-hydrogen) atoms. The average Bonchev–Trinajstić information content (AvgIpc) is 2.48. The molecule has 1 aliphatic rings. The van der Waals surface area contributed by atoms with Crippen LogP contribution in [0.4, 0.5) is 5.82 Å². The van der Waals surface area contributed by atoms with E-state index < -0.39 is 0 Å². The number of carbonyl (C=O) groups is 1. The van der Waals surface area contributed by atoms with Crippen molar-refractivity contribution in [3.63, 3.8) is 0 Å². The largest absolute Gasteiger partial charge is 0.395 e. The number of pyridine rings is 1. The van der Waals surface area contributed by atoms with E-state index in [-0.39, 0.29) is 18.2 Å². The summed E-state index contributed by atoms with van der Waals surface area (Å²) >= 11 is 6.02. The number of aliphatic hydroxyl groups excluding tert-OH is 1. The molecule has 0 spiro atoms. The van der Waals surface area contributed by atoms with Gasteiger partial charge in [-0.1, -0.05) is 11.6 Å². The van der Waals surface area contributed by atoms with Gasteiger partial charge in [-0.15, -0.1) is 0 Å². The Hall–Kier alpha value is -1.41. The van der Waals surface area contributed by atoms with Gasteiger partial charge in [-0.3, -0.25) is 9.69 Å². The molecule has 1 aromatic heterocycles. The number of nitrogens with one attached hydrogen (secondary N) is 1. The molecule has 0 unspecified atom stereocenters. The molecule has 4 N–H and O–H groups in total. The Bertz CT molecular complexity index is 477. The first kappa shape index (κ1) is 15.0. The van der Waals surface area contributed by atoms with Gasteiger partial charge < -0.3 is 15.4 Å². The zero-order chi connectivity index (χ0) is 14.5. The normalized spacial score (nSPS) is 16.2. The molecule has 1 amide bonds. The number of rotatable bonds is 4. The van der Waals surface area contributed by atoms with Gasteiger partial charge >= 0.3 is 0 Å². The number of β-amino-alcohol motifs (C(OH)–C–C–N with tert-alkyl or cyclic N) is 1. The highest BCUT2D eigenvalue weighted by molar-refractivity contribution is 6.33. The predicted molar refractivity (Wildman–Crippen MR) is 76.5 cm³/mol. The number of nitrogens with two attached hydrogens (primary N) is 1. The Morgan fingerprint density at radius 3 is 2.70 bits per heavy atom. The summed E-state index contributed by atoms with van der Waals surface area (Å²) in [5.41, 5.74) is 2.61. The molecule has 2 rings (SSSR count). The third-order valence-electron chi connectivity index (χ3n) is 3.27. The van der Waals surface area contributed by atoms with E-state index in [9.17, 15) is 4.79 Å². The van der Waals surface area contributed by atoms with Gasteiger partial charge in [0.15, 0.2) is 0 Å². The maximum atomic E-state index is 12.4. The maximum absolute atomic E-state index is 12.4. The predicted octanol–water partition coefficient (Wildman–Crippen LogP) is -0.229. The minimum absolute atomic E-state index is 0.131. The van der Waals surface area contributed by atoms with E-state index in [1.54, 1.807) is 17.0 Å². The lowest BCUT2D eigenvalue weighted by Crippen LogP contribution is -2.49. The van der Waals surface area contributed by atoms with E-state index in [0.717, 1.165) is 13.1 Å². The molecule has 1 aliphatic heterocycles. The number of aromatic nitrogens is 1. The molecule has 7 nitrogen and oxygen atoms in total. The van der Waals surface area contributed by atoms with Crippen molar-refractivity contribution in [1.82, 2.24) is 14.8 Å². The van der Waals surface area contributed by atoms with Crippen molar-refractivity contribution in [1.29, 1.82) is 0 Å². The Labute approximate surface area is 122 Å². The highest BCUT2D eigenvalue weighted by Gasteiger charge is 2.24. The quantitative estimate of drug-likeness (QED) is 0.525. The first-order chi connectivity index (χ1) is 9.65. The number of piperazine rings is 1. The Morgan fingerprint density at radius 2 is 2.10 bits per heavy atom. The molecule has 0 aliphatic carbocycles. The molecule has 8 heteroatoms. The molecule has 0 radical (unpaired) electrons. The van der Waals surface area contributed by atoms with Gasteiger partial charge in [0.2, 0.25) is 0 Å². The molecular formula is C12H18ClN5O2. The summed E-state index contributed by atoms with van der Waals surface area (Å²) in [6.45, 7) is 3.42. The highest BCUT2D eigenvalue weighted by atomic mass is 35.5. The van der Waals surface area contributed by atoms with Crippen molar-refractivity contribution in [2.75, 3.05) is 44.8 Å². The van der Waals surface area contributed by atoms with Crippen LogP contribution in [0.2, 0.25) is 5.02 Å². The lowest BCUT2D eigenvalue weighted by molar-refractivity contribution is 0.0609. The van der Waals surface area contributed by atoms with E-state index in [0.29, 0.717) is 30.5 Å². The summed E-state index contributed by atoms with van der Waals surface area (Å²) in [5.74, 6) is 5.49. The van der Waals surface area contributed by atoms with Crippen molar-refractivity contribution in [3.8, 4) is 0 Å². The highest BCUT2D eigenvalue weighted by Crippen LogP contribution is 2.18. The van der Waals surface area contributed by atoms with Gasteiger partial charge in [-0.05, 0) is 12.1 Å². The Kier molecular flexibility index (Phi) is 5.13. The van der Waals surface area contributed by atoms with Crippen LogP contribution in [0.3, 0.4) is 0 Å². The van der Waals surface area contributed by atoms with Gasteiger partial charge in [0, 0.05) is 32.7 Å². The molecule has 0 atom stereocenters. The SMILES string of the molecule is NNc1ccc(Cl)c(C(=O)N2CCN(CCO)CC2)n1. The summed E-state index contributed by atoms with van der Waals surface area (Å²) in [6, 6.07) is 3.21. The van der Waals surface area contributed by atoms with Crippen molar-refractivity contribution < 1.29 is 9.90 Å². The first-order valence-electron chi connectivity index (χ1n) is 6.41. The molecule has 0 aromatic carbocycles. The minimum Gasteiger partial charge on any atom is -0.395 e. The molecule has 1 saturated heterocycles. The van der Waals surface area contributed by atoms with Gasteiger partial charge in [0.1, 0.15) is 11.5 Å². The van der Waals surface area contributed by atoms with Gasteiger partial charge in [-0.2, -0.15) is 0 Å². The lowest BCUT2D eigenvalue weighted by Gasteiger charge is -2.34. The first-order valence-corrected chi connectivity index (χ1v) is 6.79. The fourth-order valence-corrected chi connectivity index (χ4v) is 2.32. The molecule has 2 heterocycles. The Balaban J connectivity index is 2.05.